The quantitative estimate of drug-likeness (QED) is 0.147. The average Bonchev–Trinajstić information content (AvgIpc) is 3.56. The van der Waals surface area contributed by atoms with Crippen molar-refractivity contribution in [2.45, 2.75) is 50.8 Å². The van der Waals surface area contributed by atoms with Gasteiger partial charge in [-0.2, -0.15) is 4.98 Å². The highest BCUT2D eigenvalue weighted by Crippen LogP contribution is 2.37. The van der Waals surface area contributed by atoms with Crippen LogP contribution in [0.3, 0.4) is 0 Å². The van der Waals surface area contributed by atoms with Crippen molar-refractivity contribution >= 4 is 33.8 Å². The zero-order valence-electron chi connectivity index (χ0n) is 29.4. The first-order chi connectivity index (χ1) is 25.3. The molecule has 0 spiro atoms. The molecule has 0 radical (unpaired) electrons. The van der Waals surface area contributed by atoms with Gasteiger partial charge in [-0.25, -0.2) is 9.18 Å². The van der Waals surface area contributed by atoms with Crippen LogP contribution in [-0.2, 0) is 11.3 Å². The molecule has 2 aliphatic rings. The molecule has 2 aromatic heterocycles. The SMILES string of the molecule is CN1CCC[C@H]1COc1nc2c(F)c(-c3cc(OCc4ccccc4)cc4cccc(/C=C/COC(=O)N[C@]5(C)CCCNC5)c34)ncc2c(=O)[nH]1. The lowest BCUT2D eigenvalue weighted by Gasteiger charge is -2.34. The first-order valence-electron chi connectivity index (χ1n) is 17.7. The van der Waals surface area contributed by atoms with Gasteiger partial charge in [0.2, 0.25) is 0 Å². The van der Waals surface area contributed by atoms with Gasteiger partial charge in [-0.1, -0.05) is 54.6 Å². The maximum atomic E-state index is 16.7. The second-order valence-corrected chi connectivity index (χ2v) is 13.8. The highest BCUT2D eigenvalue weighted by molar-refractivity contribution is 6.03. The van der Waals surface area contributed by atoms with Crippen molar-refractivity contribution in [2.75, 3.05) is 39.9 Å². The molecule has 3 aromatic carbocycles. The second kappa shape index (κ2) is 15.5. The van der Waals surface area contributed by atoms with E-state index in [4.69, 9.17) is 14.2 Å². The van der Waals surface area contributed by atoms with E-state index in [9.17, 15) is 9.59 Å². The molecule has 2 atom stereocenters. The molecule has 3 N–H and O–H groups in total. The van der Waals surface area contributed by atoms with E-state index >= 15 is 4.39 Å². The molecular formula is C40H43FN6O5. The number of benzene rings is 3. The molecule has 7 rings (SSSR count). The number of fused-ring (bicyclic) bond motifs is 2. The lowest BCUT2D eigenvalue weighted by Crippen LogP contribution is -2.55. The van der Waals surface area contributed by atoms with E-state index in [0.29, 0.717) is 36.5 Å². The van der Waals surface area contributed by atoms with Crippen molar-refractivity contribution in [3.05, 3.63) is 100 Å². The average molecular weight is 707 g/mol. The van der Waals surface area contributed by atoms with Crippen molar-refractivity contribution in [2.24, 2.45) is 0 Å². The number of aromatic amines is 1. The maximum Gasteiger partial charge on any atom is 0.407 e. The summed E-state index contributed by atoms with van der Waals surface area (Å²) in [7, 11) is 2.03. The fourth-order valence-corrected chi connectivity index (χ4v) is 6.99. The molecule has 270 valence electrons. The Labute approximate surface area is 301 Å². The first kappa shape index (κ1) is 35.1. The van der Waals surface area contributed by atoms with Crippen LogP contribution >= 0.6 is 0 Å². The number of rotatable bonds is 11. The zero-order chi connectivity index (χ0) is 36.1. The summed E-state index contributed by atoms with van der Waals surface area (Å²) in [6.07, 6.45) is 8.32. The van der Waals surface area contributed by atoms with E-state index in [1.807, 2.05) is 74.6 Å². The number of carbonyl (C=O) groups excluding carboxylic acids is 1. The Bertz CT molecular complexity index is 2150. The van der Waals surface area contributed by atoms with Gasteiger partial charge in [0.05, 0.1) is 10.9 Å². The van der Waals surface area contributed by atoms with Crippen LogP contribution < -0.4 is 25.7 Å². The largest absolute Gasteiger partial charge is 0.489 e. The Balaban J connectivity index is 1.22. The third-order valence-corrected chi connectivity index (χ3v) is 9.85. The molecule has 2 saturated heterocycles. The number of nitrogens with zero attached hydrogens (tertiary/aromatic N) is 3. The molecular weight excluding hydrogens is 663 g/mol. The number of aromatic nitrogens is 3. The molecule has 5 aromatic rings. The number of likely N-dealkylation sites (tertiary alicyclic amines) is 1. The van der Waals surface area contributed by atoms with Crippen LogP contribution in [0, 0.1) is 5.82 Å². The van der Waals surface area contributed by atoms with Gasteiger partial charge in [0.15, 0.2) is 5.82 Å². The van der Waals surface area contributed by atoms with Gasteiger partial charge in [0.1, 0.15) is 36.8 Å². The number of piperidine rings is 1. The Morgan fingerprint density at radius 2 is 2.00 bits per heavy atom. The van der Waals surface area contributed by atoms with Gasteiger partial charge in [0, 0.05) is 24.3 Å². The molecule has 2 fully saturated rings. The number of halogens is 1. The standard InChI is InChI=1S/C40H43FN6O5/c1-40(16-9-17-42-25-40)46-39(49)50-19-8-14-27-12-6-13-28-20-30(51-23-26-10-4-3-5-11-26)21-31(33(27)28)35-34(41)36-32(22-43-35)37(48)45-38(44-36)52-24-29-15-7-18-47(29)2/h3-6,8,10-14,20-22,29,42H,7,9,15-19,23-25H2,1-2H3,(H,46,49)(H,44,45,48)/b14-8+/t29-,40+/m0/s1. The number of pyridine rings is 1. The topological polar surface area (TPSA) is 131 Å². The van der Waals surface area contributed by atoms with Crippen LogP contribution in [0.5, 0.6) is 11.8 Å². The highest BCUT2D eigenvalue weighted by atomic mass is 19.1. The summed E-state index contributed by atoms with van der Waals surface area (Å²) in [4.78, 5) is 39.4. The number of nitrogens with one attached hydrogen (secondary N) is 3. The molecule has 52 heavy (non-hydrogen) atoms. The summed E-state index contributed by atoms with van der Waals surface area (Å²) < 4.78 is 34.3. The minimum atomic E-state index is -0.752. The Hall–Kier alpha value is -5.33. The van der Waals surface area contributed by atoms with Gasteiger partial charge in [0.25, 0.3) is 11.6 Å². The maximum absolute atomic E-state index is 16.7. The predicted octanol–water partition coefficient (Wildman–Crippen LogP) is 6.21. The van der Waals surface area contributed by atoms with Gasteiger partial charge in [-0.05, 0) is 92.9 Å². The molecule has 1 amide bonds. The van der Waals surface area contributed by atoms with E-state index in [1.54, 1.807) is 12.1 Å². The Morgan fingerprint density at radius 3 is 2.79 bits per heavy atom. The fraction of sp³-hybridized carbons (Fsp3) is 0.350. The molecule has 12 heteroatoms. The summed E-state index contributed by atoms with van der Waals surface area (Å²) in [5.41, 5.74) is 1.15. The Kier molecular flexibility index (Phi) is 10.5. The molecule has 2 aliphatic heterocycles. The number of hydrogen-bond donors (Lipinski definition) is 3. The predicted molar refractivity (Wildman–Crippen MR) is 199 cm³/mol. The third kappa shape index (κ3) is 7.93. The minimum Gasteiger partial charge on any atom is -0.489 e. The number of carbonyl (C=O) groups is 1. The molecule has 0 unspecified atom stereocenters. The van der Waals surface area contributed by atoms with Crippen molar-refractivity contribution in [1.82, 2.24) is 30.5 Å². The molecule has 0 aliphatic carbocycles. The van der Waals surface area contributed by atoms with Crippen molar-refractivity contribution in [3.8, 4) is 23.0 Å². The minimum absolute atomic E-state index is 0.00745. The smallest absolute Gasteiger partial charge is 0.407 e. The van der Waals surface area contributed by atoms with Gasteiger partial charge in [-0.3, -0.25) is 14.8 Å². The number of likely N-dealkylation sites (N-methyl/N-ethyl adjacent to an activating group) is 1. The Morgan fingerprint density at radius 1 is 1.13 bits per heavy atom. The molecule has 0 saturated carbocycles. The van der Waals surface area contributed by atoms with Gasteiger partial charge >= 0.3 is 6.09 Å². The van der Waals surface area contributed by atoms with E-state index in [1.165, 1.54) is 6.20 Å². The van der Waals surface area contributed by atoms with Crippen LogP contribution in [0.2, 0.25) is 0 Å². The number of amides is 1. The van der Waals surface area contributed by atoms with Crippen LogP contribution in [-0.4, -0.2) is 77.4 Å². The number of H-pyrrole nitrogens is 1. The van der Waals surface area contributed by atoms with E-state index in [0.717, 1.165) is 55.3 Å². The van der Waals surface area contributed by atoms with Crippen LogP contribution in [0.4, 0.5) is 9.18 Å². The summed E-state index contributed by atoms with van der Waals surface area (Å²) in [5, 5.41) is 7.78. The number of hydrogen-bond acceptors (Lipinski definition) is 9. The summed E-state index contributed by atoms with van der Waals surface area (Å²) in [5.74, 6) is -0.236. The highest BCUT2D eigenvalue weighted by Gasteiger charge is 2.29. The normalized spacial score (nSPS) is 19.3. The summed E-state index contributed by atoms with van der Waals surface area (Å²) >= 11 is 0. The van der Waals surface area contributed by atoms with Crippen molar-refractivity contribution < 1.29 is 23.4 Å². The summed E-state index contributed by atoms with van der Waals surface area (Å²) in [6.45, 7) is 5.26. The van der Waals surface area contributed by atoms with E-state index in [2.05, 4.69) is 30.5 Å². The molecule has 0 bridgehead atoms. The van der Waals surface area contributed by atoms with Crippen molar-refractivity contribution in [1.29, 1.82) is 0 Å². The molecule has 4 heterocycles. The van der Waals surface area contributed by atoms with Crippen LogP contribution in [0.15, 0.2) is 77.7 Å². The monoisotopic (exact) mass is 706 g/mol. The second-order valence-electron chi connectivity index (χ2n) is 13.8. The first-order valence-corrected chi connectivity index (χ1v) is 17.7. The fourth-order valence-electron chi connectivity index (χ4n) is 6.99. The van der Waals surface area contributed by atoms with Gasteiger partial charge < -0.3 is 29.7 Å². The van der Waals surface area contributed by atoms with Crippen LogP contribution in [0.1, 0.15) is 43.7 Å². The van der Waals surface area contributed by atoms with Crippen LogP contribution in [0.25, 0.3) is 39.0 Å². The lowest BCUT2D eigenvalue weighted by atomic mass is 9.93. The van der Waals surface area contributed by atoms with E-state index < -0.39 is 17.5 Å². The van der Waals surface area contributed by atoms with E-state index in [-0.39, 0.29) is 40.8 Å². The summed E-state index contributed by atoms with van der Waals surface area (Å²) in [6, 6.07) is 19.3. The molecule has 11 nitrogen and oxygen atoms in total. The third-order valence-electron chi connectivity index (χ3n) is 9.85. The van der Waals surface area contributed by atoms with Gasteiger partial charge in [-0.15, -0.1) is 0 Å². The van der Waals surface area contributed by atoms with Crippen molar-refractivity contribution in [3.63, 3.8) is 0 Å². The lowest BCUT2D eigenvalue weighted by molar-refractivity contribution is 0.140. The zero-order valence-corrected chi connectivity index (χ0v) is 29.4. The number of ether oxygens (including phenoxy) is 3. The number of alkyl carbamates (subject to hydrolysis) is 1.